The zero-order valence-electron chi connectivity index (χ0n) is 71.6. The monoisotopic (exact) mass is 1670 g/mol. The van der Waals surface area contributed by atoms with Crippen LogP contribution in [0.1, 0.15) is 5.56 Å². The molecule has 22 aromatic carbocycles. The van der Waals surface area contributed by atoms with Crippen LogP contribution in [-0.4, -0.2) is 15.0 Å². The fourth-order valence-electron chi connectivity index (χ4n) is 19.8. The molecular weight excluding hydrogens is 1600 g/mol. The Morgan fingerprint density at radius 1 is 0.182 bits per heavy atom. The topological polar surface area (TPSA) is 71.2 Å². The van der Waals surface area contributed by atoms with E-state index in [9.17, 15) is 5.26 Å². The number of rotatable bonds is 10. The van der Waals surface area contributed by atoms with Gasteiger partial charge in [0.05, 0.1) is 58.4 Å². The molecule has 3 aromatic heterocycles. The summed E-state index contributed by atoms with van der Waals surface area (Å²) in [5, 5.41) is 33.6. The van der Waals surface area contributed by atoms with Crippen molar-refractivity contribution in [3.05, 3.63) is 489 Å². The van der Waals surface area contributed by atoms with Gasteiger partial charge in [0, 0.05) is 49.0 Å². The average molecular weight is 1670 g/mol. The summed E-state index contributed by atoms with van der Waals surface area (Å²) in [4.78, 5) is 23.9. The van der Waals surface area contributed by atoms with E-state index in [1.165, 1.54) is 97.8 Å². The van der Waals surface area contributed by atoms with Gasteiger partial charge in [-0.25, -0.2) is 24.6 Å². The third-order valence-corrected chi connectivity index (χ3v) is 26.0. The molecule has 0 spiro atoms. The highest BCUT2D eigenvalue weighted by Crippen LogP contribution is 2.49. The van der Waals surface area contributed by atoms with Gasteiger partial charge in [0.15, 0.2) is 11.4 Å². The van der Waals surface area contributed by atoms with Crippen LogP contribution in [0.3, 0.4) is 0 Å². The molecule has 0 N–H and O–H groups in total. The lowest BCUT2D eigenvalue weighted by atomic mass is 9.89. The minimum atomic E-state index is 0.635. The summed E-state index contributed by atoms with van der Waals surface area (Å²) in [5.41, 5.74) is 26.7. The van der Waals surface area contributed by atoms with E-state index in [4.69, 9.17) is 28.1 Å². The van der Waals surface area contributed by atoms with Crippen molar-refractivity contribution in [1.82, 2.24) is 15.0 Å². The lowest BCUT2D eigenvalue weighted by molar-refractivity contribution is 1.42. The van der Waals surface area contributed by atoms with E-state index >= 15 is 0 Å². The highest BCUT2D eigenvalue weighted by Gasteiger charge is 2.24. The number of pyridine rings is 3. The normalized spacial score (nSPS) is 11.3. The van der Waals surface area contributed by atoms with E-state index in [0.717, 1.165) is 143 Å². The Labute approximate surface area is 763 Å². The van der Waals surface area contributed by atoms with Crippen molar-refractivity contribution in [3.63, 3.8) is 0 Å². The number of hydrogen-bond donors (Lipinski definition) is 0. The summed E-state index contributed by atoms with van der Waals surface area (Å²) >= 11 is 0. The molecule has 0 unspecified atom stereocenters. The molecule has 610 valence electrons. The second-order valence-corrected chi connectivity index (χ2v) is 33.5. The molecule has 0 aliphatic rings. The molecule has 0 amide bonds. The molecule has 0 atom stereocenters. The Balaban J connectivity index is 0.000000113. The summed E-state index contributed by atoms with van der Waals surface area (Å²) in [6.45, 7) is 15.5. The van der Waals surface area contributed by atoms with Crippen molar-refractivity contribution in [2.75, 3.05) is 0 Å². The SMILES string of the molecule is N#Cc1ccc(-c2ccc(-c3cc4c(-c5cccc6ccccc56)cc(-c5cccc6ccccc56)nc4c4ccccc34)cc2)cc1.[C-]#[N+]c1cccc(-c2cc3c(-c4cccc5ccccc45)cc(-c4cccc5ccccc45)nc3c3ccccc23)c1.[C-]#[N+]c1ccccc1-c1cc2c(-c3cccc4ccccc34)cc(-c3cccc4ccccc34)nc2c2ccccc12. The van der Waals surface area contributed by atoms with E-state index in [1.54, 1.807) is 0 Å². The second kappa shape index (κ2) is 33.7. The fourth-order valence-corrected chi connectivity index (χ4v) is 19.8. The van der Waals surface area contributed by atoms with Crippen LogP contribution in [0.2, 0.25) is 0 Å². The number of para-hydroxylation sites is 1. The van der Waals surface area contributed by atoms with Gasteiger partial charge in [0.1, 0.15) is 0 Å². The van der Waals surface area contributed by atoms with Gasteiger partial charge in [0.25, 0.3) is 0 Å². The lowest BCUT2D eigenvalue weighted by Crippen LogP contribution is -1.94. The zero-order valence-corrected chi connectivity index (χ0v) is 71.6. The molecule has 6 nitrogen and oxygen atoms in total. The van der Waals surface area contributed by atoms with Crippen molar-refractivity contribution in [3.8, 4) is 118 Å². The van der Waals surface area contributed by atoms with Crippen molar-refractivity contribution < 1.29 is 0 Å². The van der Waals surface area contributed by atoms with Crippen LogP contribution < -0.4 is 0 Å². The summed E-state index contributed by atoms with van der Waals surface area (Å²) in [6.07, 6.45) is 0. The molecule has 0 saturated carbocycles. The Morgan fingerprint density at radius 2 is 0.447 bits per heavy atom. The molecule has 25 rings (SSSR count). The minimum absolute atomic E-state index is 0.635. The van der Waals surface area contributed by atoms with Gasteiger partial charge < -0.3 is 0 Å². The van der Waals surface area contributed by atoms with Crippen LogP contribution in [0.15, 0.2) is 461 Å². The van der Waals surface area contributed by atoms with Crippen molar-refractivity contribution in [2.24, 2.45) is 0 Å². The highest BCUT2D eigenvalue weighted by molar-refractivity contribution is 6.23. The van der Waals surface area contributed by atoms with Crippen LogP contribution in [0.4, 0.5) is 11.4 Å². The van der Waals surface area contributed by atoms with Crippen LogP contribution in [0.5, 0.6) is 0 Å². The molecule has 0 aliphatic carbocycles. The molecule has 25 aromatic rings. The summed E-state index contributed by atoms with van der Waals surface area (Å²) in [7, 11) is 0. The number of hydrogen-bond acceptors (Lipinski definition) is 4. The molecule has 0 fully saturated rings. The van der Waals surface area contributed by atoms with Gasteiger partial charge >= 0.3 is 0 Å². The molecule has 6 heteroatoms. The summed E-state index contributed by atoms with van der Waals surface area (Å²) in [6, 6.07) is 164. The van der Waals surface area contributed by atoms with Gasteiger partial charge in [-0.05, 0) is 213 Å². The van der Waals surface area contributed by atoms with E-state index < -0.39 is 0 Å². The van der Waals surface area contributed by atoms with Gasteiger partial charge in [-0.3, -0.25) is 0 Å². The Morgan fingerprint density at radius 3 is 0.811 bits per heavy atom. The summed E-state index contributed by atoms with van der Waals surface area (Å²) < 4.78 is 0. The summed E-state index contributed by atoms with van der Waals surface area (Å²) in [5.74, 6) is 0. The lowest BCUT2D eigenvalue weighted by Gasteiger charge is -2.17. The maximum atomic E-state index is 9.23. The number of nitrogens with zero attached hydrogens (tertiary/aromatic N) is 6. The maximum Gasteiger partial charge on any atom is 0.194 e. The van der Waals surface area contributed by atoms with Crippen LogP contribution in [-0.2, 0) is 0 Å². The van der Waals surface area contributed by atoms with Gasteiger partial charge in [-0.15, -0.1) is 0 Å². The van der Waals surface area contributed by atoms with Crippen molar-refractivity contribution in [1.29, 1.82) is 5.26 Å². The third-order valence-electron chi connectivity index (χ3n) is 26.0. The third kappa shape index (κ3) is 14.1. The molecule has 0 aliphatic heterocycles. The predicted molar refractivity (Wildman–Crippen MR) is 554 cm³/mol. The standard InChI is InChI=1S/C46H28N2.2C40H24N2/c47-29-30-19-21-31(22-20-30)32-23-25-35(26-24-32)42-27-44-43(38-17-7-11-33-9-1-3-13-36(33)38)28-45(48-46(44)41-16-6-5-15-39(41)42)40-18-8-12-34-10-2-4-14-37(34)40;1-41-29-16-8-15-28(23-29)36-24-38-37(32-21-9-13-26-11-2-4-17-30(26)32)25-39(42-40(38)35-20-7-6-19-33(35)36)34-22-10-14-27-12-3-5-18-31(27)34;1-41-38-23-9-8-19-33(38)35-24-37-36(30-21-10-14-26-12-2-4-16-28(26)30)25-39(42-40(37)34-20-7-6-18-31(34)35)32-22-11-15-27-13-3-5-17-29(27)32/h1-28H;2*2-25H. The number of nitriles is 1. The minimum Gasteiger partial charge on any atom is -0.247 e. The maximum absolute atomic E-state index is 9.23. The average Bonchev–Trinajstić information content (AvgIpc) is 0.742. The van der Waals surface area contributed by atoms with Crippen molar-refractivity contribution in [2.45, 2.75) is 0 Å². The molecule has 0 saturated heterocycles. The highest BCUT2D eigenvalue weighted by atomic mass is 14.7. The Bertz CT molecular complexity index is 9110. The van der Waals surface area contributed by atoms with Gasteiger partial charge in [-0.1, -0.05) is 406 Å². The molecule has 132 heavy (non-hydrogen) atoms. The predicted octanol–water partition coefficient (Wildman–Crippen LogP) is 34.7. The Hall–Kier alpha value is -18.1. The zero-order chi connectivity index (χ0) is 88.1. The smallest absolute Gasteiger partial charge is 0.194 e. The fraction of sp³-hybridized carbons (Fsp3) is 0. The number of benzene rings is 22. The molecule has 0 radical (unpaired) electrons. The van der Waals surface area contributed by atoms with Crippen LogP contribution in [0.25, 0.3) is 251 Å². The Kier molecular flexibility index (Phi) is 20.0. The van der Waals surface area contributed by atoms with Gasteiger partial charge in [-0.2, -0.15) is 5.26 Å². The van der Waals surface area contributed by atoms with E-state index in [-0.39, 0.29) is 0 Å². The molecule has 3 heterocycles. The first kappa shape index (κ1) is 78.6. The van der Waals surface area contributed by atoms with Crippen LogP contribution >= 0.6 is 0 Å². The first-order valence-corrected chi connectivity index (χ1v) is 44.4. The first-order valence-electron chi connectivity index (χ1n) is 44.4. The number of aromatic nitrogens is 3. The van der Waals surface area contributed by atoms with Gasteiger partial charge in [0.2, 0.25) is 0 Å². The molecular formula is C126H76N6. The van der Waals surface area contributed by atoms with E-state index in [0.29, 0.717) is 16.9 Å². The largest absolute Gasteiger partial charge is 0.247 e. The van der Waals surface area contributed by atoms with Crippen molar-refractivity contribution >= 4 is 141 Å². The van der Waals surface area contributed by atoms with E-state index in [2.05, 4.69) is 416 Å². The first-order chi connectivity index (χ1) is 65.3. The quantitative estimate of drug-likeness (QED) is 0.101. The van der Waals surface area contributed by atoms with Crippen LogP contribution in [0, 0.1) is 24.5 Å². The van der Waals surface area contributed by atoms with E-state index in [1.807, 2.05) is 60.7 Å². The number of fused-ring (bicyclic) bond motifs is 15. The molecule has 0 bridgehead atoms. The second-order valence-electron chi connectivity index (χ2n) is 33.5.